The van der Waals surface area contributed by atoms with Gasteiger partial charge in [-0.3, -0.25) is 4.79 Å². The minimum Gasteiger partial charge on any atom is -0.466 e. The predicted octanol–water partition coefficient (Wildman–Crippen LogP) is 2.85. The van der Waals surface area contributed by atoms with Crippen LogP contribution in [0.2, 0.25) is 0 Å². The van der Waals surface area contributed by atoms with Crippen LogP contribution in [-0.2, 0) is 9.53 Å². The Kier molecular flexibility index (Phi) is 5.15. The van der Waals surface area contributed by atoms with Crippen LogP contribution in [0.5, 0.6) is 0 Å². The normalized spacial score (nSPS) is 23.7. The highest BCUT2D eigenvalue weighted by Crippen LogP contribution is 2.34. The molecule has 0 bridgehead atoms. The van der Waals surface area contributed by atoms with Crippen molar-refractivity contribution in [3.63, 3.8) is 0 Å². The van der Waals surface area contributed by atoms with Crippen LogP contribution < -0.4 is 0 Å². The van der Waals surface area contributed by atoms with Crippen LogP contribution in [0.25, 0.3) is 0 Å². The van der Waals surface area contributed by atoms with Gasteiger partial charge < -0.3 is 9.84 Å². The first-order chi connectivity index (χ1) is 8.34. The summed E-state index contributed by atoms with van der Waals surface area (Å²) >= 11 is 0. The van der Waals surface area contributed by atoms with E-state index in [0.29, 0.717) is 19.4 Å². The van der Waals surface area contributed by atoms with Crippen LogP contribution in [0.15, 0.2) is 23.8 Å². The van der Waals surface area contributed by atoms with Gasteiger partial charge >= 0.3 is 5.97 Å². The van der Waals surface area contributed by atoms with Crippen LogP contribution in [0.1, 0.15) is 40.5 Å². The molecule has 1 aliphatic carbocycles. The largest absolute Gasteiger partial charge is 0.466 e. The molecule has 102 valence electrons. The SMILES string of the molecule is CCOC(=O)CCC1=CC(C(C)(C)C)C(O)C=C1. The maximum atomic E-state index is 11.3. The molecular weight excluding hydrogens is 228 g/mol. The van der Waals surface area contributed by atoms with Crippen molar-refractivity contribution in [3.05, 3.63) is 23.8 Å². The maximum absolute atomic E-state index is 11.3. The molecule has 1 rings (SSSR count). The first kappa shape index (κ1) is 15.0. The quantitative estimate of drug-likeness (QED) is 0.783. The molecule has 2 unspecified atom stereocenters. The Labute approximate surface area is 110 Å². The molecular formula is C15H24O3. The fourth-order valence-electron chi connectivity index (χ4n) is 2.14. The molecule has 1 aliphatic rings. The molecule has 0 aromatic rings. The second-order valence-corrected chi connectivity index (χ2v) is 5.79. The Morgan fingerprint density at radius 1 is 1.44 bits per heavy atom. The Morgan fingerprint density at radius 2 is 2.11 bits per heavy atom. The first-order valence-electron chi connectivity index (χ1n) is 6.57. The Balaban J connectivity index is 2.61. The molecule has 0 heterocycles. The number of ether oxygens (including phenoxy) is 1. The topological polar surface area (TPSA) is 46.5 Å². The number of hydrogen-bond acceptors (Lipinski definition) is 3. The summed E-state index contributed by atoms with van der Waals surface area (Å²) in [7, 11) is 0. The number of aliphatic hydroxyl groups excluding tert-OH is 1. The van der Waals surface area contributed by atoms with Crippen molar-refractivity contribution in [1.29, 1.82) is 0 Å². The summed E-state index contributed by atoms with van der Waals surface area (Å²) in [4.78, 5) is 11.3. The van der Waals surface area contributed by atoms with Gasteiger partial charge in [0.05, 0.1) is 12.7 Å². The number of esters is 1. The fraction of sp³-hybridized carbons (Fsp3) is 0.667. The van der Waals surface area contributed by atoms with Gasteiger partial charge in [-0.15, -0.1) is 0 Å². The molecule has 2 atom stereocenters. The fourth-order valence-corrected chi connectivity index (χ4v) is 2.14. The molecule has 0 radical (unpaired) electrons. The van der Waals surface area contributed by atoms with E-state index >= 15 is 0 Å². The van der Waals surface area contributed by atoms with E-state index in [1.54, 1.807) is 0 Å². The third-order valence-electron chi connectivity index (χ3n) is 3.19. The molecule has 0 fully saturated rings. The van der Waals surface area contributed by atoms with Crippen molar-refractivity contribution in [3.8, 4) is 0 Å². The van der Waals surface area contributed by atoms with Crippen molar-refractivity contribution in [1.82, 2.24) is 0 Å². The molecule has 0 saturated heterocycles. The summed E-state index contributed by atoms with van der Waals surface area (Å²) in [5, 5.41) is 9.96. The van der Waals surface area contributed by atoms with E-state index < -0.39 is 6.10 Å². The van der Waals surface area contributed by atoms with E-state index in [9.17, 15) is 9.90 Å². The minimum absolute atomic E-state index is 0.0132. The average Bonchev–Trinajstić information content (AvgIpc) is 2.27. The van der Waals surface area contributed by atoms with Gasteiger partial charge in [-0.05, 0) is 18.8 Å². The predicted molar refractivity (Wildman–Crippen MR) is 72.0 cm³/mol. The number of carbonyl (C=O) groups excluding carboxylic acids is 1. The summed E-state index contributed by atoms with van der Waals surface area (Å²) in [6, 6.07) is 0. The van der Waals surface area contributed by atoms with Crippen molar-refractivity contribution in [2.24, 2.45) is 11.3 Å². The number of allylic oxidation sites excluding steroid dienone is 2. The van der Waals surface area contributed by atoms with Gasteiger partial charge in [-0.1, -0.05) is 44.6 Å². The highest BCUT2D eigenvalue weighted by molar-refractivity contribution is 5.69. The van der Waals surface area contributed by atoms with Gasteiger partial charge in [0.2, 0.25) is 0 Å². The van der Waals surface area contributed by atoms with Gasteiger partial charge in [0.1, 0.15) is 0 Å². The van der Waals surface area contributed by atoms with Gasteiger partial charge in [-0.2, -0.15) is 0 Å². The van der Waals surface area contributed by atoms with Gasteiger partial charge in [-0.25, -0.2) is 0 Å². The smallest absolute Gasteiger partial charge is 0.306 e. The monoisotopic (exact) mass is 252 g/mol. The third kappa shape index (κ3) is 4.30. The van der Waals surface area contributed by atoms with E-state index in [-0.39, 0.29) is 17.3 Å². The number of rotatable bonds is 4. The molecule has 0 aliphatic heterocycles. The lowest BCUT2D eigenvalue weighted by Crippen LogP contribution is -2.31. The van der Waals surface area contributed by atoms with Gasteiger partial charge in [0.15, 0.2) is 0 Å². The Bertz CT molecular complexity index is 347. The van der Waals surface area contributed by atoms with Crippen LogP contribution in [0, 0.1) is 11.3 Å². The summed E-state index contributed by atoms with van der Waals surface area (Å²) < 4.78 is 4.91. The molecule has 1 N–H and O–H groups in total. The Morgan fingerprint density at radius 3 is 2.67 bits per heavy atom. The number of hydrogen-bond donors (Lipinski definition) is 1. The summed E-state index contributed by atoms with van der Waals surface area (Å²) in [5.74, 6) is -0.0649. The summed E-state index contributed by atoms with van der Waals surface area (Å²) in [6.07, 6.45) is 6.45. The summed E-state index contributed by atoms with van der Waals surface area (Å²) in [5.41, 5.74) is 1.12. The van der Waals surface area contributed by atoms with Crippen LogP contribution in [0.3, 0.4) is 0 Å². The lowest BCUT2D eigenvalue weighted by Gasteiger charge is -2.33. The molecule has 0 aromatic heterocycles. The van der Waals surface area contributed by atoms with Crippen LogP contribution >= 0.6 is 0 Å². The molecule has 0 amide bonds. The zero-order valence-electron chi connectivity index (χ0n) is 11.8. The molecule has 3 heteroatoms. The third-order valence-corrected chi connectivity index (χ3v) is 3.19. The van der Waals surface area contributed by atoms with E-state index in [1.165, 1.54) is 0 Å². The minimum atomic E-state index is -0.434. The molecule has 0 spiro atoms. The average molecular weight is 252 g/mol. The maximum Gasteiger partial charge on any atom is 0.306 e. The molecule has 0 saturated carbocycles. The van der Waals surface area contributed by atoms with Crippen molar-refractivity contribution in [2.45, 2.75) is 46.6 Å². The van der Waals surface area contributed by atoms with Crippen LogP contribution in [-0.4, -0.2) is 23.8 Å². The summed E-state index contributed by atoms with van der Waals surface area (Å²) in [6.45, 7) is 8.57. The van der Waals surface area contributed by atoms with Gasteiger partial charge in [0, 0.05) is 12.3 Å². The first-order valence-corrected chi connectivity index (χ1v) is 6.57. The highest BCUT2D eigenvalue weighted by atomic mass is 16.5. The van der Waals surface area contributed by atoms with Crippen molar-refractivity contribution in [2.75, 3.05) is 6.61 Å². The standard InChI is InChI=1S/C15H24O3/c1-5-18-14(17)9-7-11-6-8-13(16)12(10-11)15(2,3)4/h6,8,10,12-13,16H,5,7,9H2,1-4H3. The van der Waals surface area contributed by atoms with E-state index in [1.807, 2.05) is 19.1 Å². The second kappa shape index (κ2) is 6.19. The second-order valence-electron chi connectivity index (χ2n) is 5.79. The zero-order valence-corrected chi connectivity index (χ0v) is 11.8. The number of carbonyl (C=O) groups is 1. The molecule has 3 nitrogen and oxygen atoms in total. The van der Waals surface area contributed by atoms with Crippen molar-refractivity contribution < 1.29 is 14.6 Å². The highest BCUT2D eigenvalue weighted by Gasteiger charge is 2.30. The van der Waals surface area contributed by atoms with E-state index in [2.05, 4.69) is 26.8 Å². The molecule has 0 aromatic carbocycles. The Hall–Kier alpha value is -1.09. The number of aliphatic hydroxyl groups is 1. The zero-order chi connectivity index (χ0) is 13.8. The van der Waals surface area contributed by atoms with Crippen LogP contribution in [0.4, 0.5) is 0 Å². The lowest BCUT2D eigenvalue weighted by atomic mass is 9.74. The van der Waals surface area contributed by atoms with E-state index in [0.717, 1.165) is 5.57 Å². The van der Waals surface area contributed by atoms with Crippen molar-refractivity contribution >= 4 is 5.97 Å². The van der Waals surface area contributed by atoms with E-state index in [4.69, 9.17) is 4.74 Å². The van der Waals surface area contributed by atoms with Gasteiger partial charge in [0.25, 0.3) is 0 Å². The molecule has 18 heavy (non-hydrogen) atoms. The lowest BCUT2D eigenvalue weighted by molar-refractivity contribution is -0.143.